The molecule has 102 valence electrons. The smallest absolute Gasteiger partial charge is 0.371 e. The second-order valence-electron chi connectivity index (χ2n) is 4.12. The Labute approximate surface area is 111 Å². The summed E-state index contributed by atoms with van der Waals surface area (Å²) in [6, 6.07) is 2.83. The molecule has 0 saturated carbocycles. The largest absolute Gasteiger partial charge is 0.475 e. The highest BCUT2D eigenvalue weighted by Gasteiger charge is 2.14. The van der Waals surface area contributed by atoms with Gasteiger partial charge < -0.3 is 9.52 Å². The fourth-order valence-corrected chi connectivity index (χ4v) is 1.84. The molecule has 1 N–H and O–H groups in total. The van der Waals surface area contributed by atoms with Gasteiger partial charge in [-0.1, -0.05) is 0 Å². The zero-order chi connectivity index (χ0) is 14.3. The van der Waals surface area contributed by atoms with E-state index in [1.165, 1.54) is 27.5 Å². The number of aromatic carboxylic acids is 1. The number of rotatable bonds is 3. The molecule has 3 heterocycles. The van der Waals surface area contributed by atoms with Crippen molar-refractivity contribution in [1.29, 1.82) is 0 Å². The number of aromatic nitrogens is 5. The molecule has 0 saturated heterocycles. The molecule has 0 bridgehead atoms. The number of nitrogens with zero attached hydrogens (tertiary/aromatic N) is 5. The molecule has 0 spiro atoms. The van der Waals surface area contributed by atoms with Crippen LogP contribution in [0.25, 0.3) is 5.78 Å². The third-order valence-electron chi connectivity index (χ3n) is 2.75. The molecule has 0 aliphatic heterocycles. The van der Waals surface area contributed by atoms with E-state index in [1.807, 2.05) is 0 Å². The van der Waals surface area contributed by atoms with Gasteiger partial charge in [-0.2, -0.15) is 9.61 Å². The highest BCUT2D eigenvalue weighted by Crippen LogP contribution is 2.10. The molecule has 3 rings (SSSR count). The predicted molar refractivity (Wildman–Crippen MR) is 64.5 cm³/mol. The summed E-state index contributed by atoms with van der Waals surface area (Å²) in [5.41, 5.74) is -0.0545. The van der Waals surface area contributed by atoms with Crippen molar-refractivity contribution in [3.8, 4) is 0 Å². The second-order valence-corrected chi connectivity index (χ2v) is 4.12. The van der Waals surface area contributed by atoms with Gasteiger partial charge in [0, 0.05) is 0 Å². The molecule has 3 aromatic heterocycles. The molecule has 0 aliphatic carbocycles. The quantitative estimate of drug-likeness (QED) is 0.711. The summed E-state index contributed by atoms with van der Waals surface area (Å²) in [5, 5.41) is 20.3. The number of hydrogen-bond acceptors (Lipinski definition) is 6. The zero-order valence-electron chi connectivity index (χ0n) is 10.3. The van der Waals surface area contributed by atoms with Crippen LogP contribution < -0.4 is 5.56 Å². The lowest BCUT2D eigenvalue weighted by Crippen LogP contribution is -2.27. The molecule has 0 fully saturated rings. The van der Waals surface area contributed by atoms with Crippen LogP contribution in [0.5, 0.6) is 0 Å². The Kier molecular flexibility index (Phi) is 2.60. The molecule has 0 aliphatic rings. The van der Waals surface area contributed by atoms with Gasteiger partial charge in [0.2, 0.25) is 5.76 Å². The molecule has 0 amide bonds. The molecule has 9 heteroatoms. The van der Waals surface area contributed by atoms with Crippen molar-refractivity contribution in [3.63, 3.8) is 0 Å². The number of carboxylic acids is 1. The summed E-state index contributed by atoms with van der Waals surface area (Å²) < 4.78 is 7.82. The Morgan fingerprint density at radius 1 is 1.45 bits per heavy atom. The SMILES string of the molecule is Cc1nn2cnnc2n(Cc2ccc(C(=O)O)o2)c1=O. The van der Waals surface area contributed by atoms with Crippen molar-refractivity contribution in [2.45, 2.75) is 13.5 Å². The molecule has 3 aromatic rings. The van der Waals surface area contributed by atoms with Crippen molar-refractivity contribution < 1.29 is 14.3 Å². The van der Waals surface area contributed by atoms with E-state index in [-0.39, 0.29) is 29.3 Å². The van der Waals surface area contributed by atoms with Gasteiger partial charge in [-0.3, -0.25) is 9.36 Å². The van der Waals surface area contributed by atoms with Crippen LogP contribution in [-0.4, -0.2) is 35.5 Å². The van der Waals surface area contributed by atoms with Gasteiger partial charge in [-0.05, 0) is 19.1 Å². The van der Waals surface area contributed by atoms with Crippen LogP contribution in [0.15, 0.2) is 27.7 Å². The Balaban J connectivity index is 2.09. The maximum atomic E-state index is 12.1. The van der Waals surface area contributed by atoms with E-state index < -0.39 is 5.97 Å². The number of carbonyl (C=O) groups is 1. The third-order valence-corrected chi connectivity index (χ3v) is 2.75. The minimum Gasteiger partial charge on any atom is -0.475 e. The highest BCUT2D eigenvalue weighted by molar-refractivity contribution is 5.84. The van der Waals surface area contributed by atoms with Gasteiger partial charge in [0.05, 0.1) is 6.54 Å². The van der Waals surface area contributed by atoms with Crippen molar-refractivity contribution in [3.05, 3.63) is 46.0 Å². The second kappa shape index (κ2) is 4.30. The highest BCUT2D eigenvalue weighted by atomic mass is 16.4. The lowest BCUT2D eigenvalue weighted by atomic mass is 10.4. The lowest BCUT2D eigenvalue weighted by Gasteiger charge is -2.05. The van der Waals surface area contributed by atoms with Gasteiger partial charge in [0.15, 0.2) is 0 Å². The van der Waals surface area contributed by atoms with E-state index >= 15 is 0 Å². The van der Waals surface area contributed by atoms with Crippen molar-refractivity contribution in [2.24, 2.45) is 0 Å². The van der Waals surface area contributed by atoms with Crippen LogP contribution in [0.1, 0.15) is 22.0 Å². The lowest BCUT2D eigenvalue weighted by molar-refractivity contribution is 0.0660. The Hall–Kier alpha value is -2.97. The third kappa shape index (κ3) is 1.85. The Morgan fingerprint density at radius 3 is 2.95 bits per heavy atom. The molecule has 0 unspecified atom stereocenters. The fraction of sp³-hybridized carbons (Fsp3) is 0.182. The monoisotopic (exact) mass is 275 g/mol. The molecule has 0 aromatic carbocycles. The van der Waals surface area contributed by atoms with Gasteiger partial charge in [-0.15, -0.1) is 10.2 Å². The maximum absolute atomic E-state index is 12.1. The number of aryl methyl sites for hydroxylation is 1. The fourth-order valence-electron chi connectivity index (χ4n) is 1.84. The van der Waals surface area contributed by atoms with Gasteiger partial charge in [-0.25, -0.2) is 4.79 Å². The first-order valence-corrected chi connectivity index (χ1v) is 5.65. The minimum atomic E-state index is -1.16. The summed E-state index contributed by atoms with van der Waals surface area (Å²) in [5.74, 6) is -0.757. The van der Waals surface area contributed by atoms with Gasteiger partial charge >= 0.3 is 5.97 Å². The number of hydrogen-bond donors (Lipinski definition) is 1. The molecular formula is C11H9N5O4. The Morgan fingerprint density at radius 2 is 2.25 bits per heavy atom. The van der Waals surface area contributed by atoms with Gasteiger partial charge in [0.1, 0.15) is 17.8 Å². The molecule has 20 heavy (non-hydrogen) atoms. The first-order valence-electron chi connectivity index (χ1n) is 5.65. The molecule has 0 atom stereocenters. The van der Waals surface area contributed by atoms with Crippen LogP contribution in [0.2, 0.25) is 0 Å². The van der Waals surface area contributed by atoms with E-state index in [0.717, 1.165) is 0 Å². The van der Waals surface area contributed by atoms with Gasteiger partial charge in [0.25, 0.3) is 11.3 Å². The summed E-state index contributed by atoms with van der Waals surface area (Å²) in [6.45, 7) is 1.63. The average molecular weight is 275 g/mol. The maximum Gasteiger partial charge on any atom is 0.371 e. The average Bonchev–Trinajstić information content (AvgIpc) is 3.03. The van der Waals surface area contributed by atoms with Crippen LogP contribution >= 0.6 is 0 Å². The number of fused-ring (bicyclic) bond motifs is 1. The van der Waals surface area contributed by atoms with Crippen LogP contribution in [0.3, 0.4) is 0 Å². The first-order chi connectivity index (χ1) is 9.56. The topological polar surface area (TPSA) is 116 Å². The Bertz CT molecular complexity index is 859. The van der Waals surface area contributed by atoms with Crippen molar-refractivity contribution in [1.82, 2.24) is 24.4 Å². The summed E-state index contributed by atoms with van der Waals surface area (Å²) in [4.78, 5) is 22.8. The number of furan rings is 1. The van der Waals surface area contributed by atoms with Crippen LogP contribution in [0.4, 0.5) is 0 Å². The first kappa shape index (κ1) is 12.1. The minimum absolute atomic E-state index is 0.0532. The van der Waals surface area contributed by atoms with Crippen molar-refractivity contribution in [2.75, 3.05) is 0 Å². The summed E-state index contributed by atoms with van der Waals surface area (Å²) in [7, 11) is 0. The molecular weight excluding hydrogens is 266 g/mol. The van der Waals surface area contributed by atoms with E-state index in [0.29, 0.717) is 5.76 Å². The van der Waals surface area contributed by atoms with Crippen LogP contribution in [0, 0.1) is 6.92 Å². The zero-order valence-corrected chi connectivity index (χ0v) is 10.3. The van der Waals surface area contributed by atoms with E-state index in [9.17, 15) is 9.59 Å². The van der Waals surface area contributed by atoms with E-state index in [4.69, 9.17) is 9.52 Å². The predicted octanol–water partition coefficient (Wildman–Crippen LogP) is -0.0661. The van der Waals surface area contributed by atoms with Crippen molar-refractivity contribution >= 4 is 11.7 Å². The normalized spacial score (nSPS) is 11.1. The standard InChI is InChI=1S/C11H9N5O4/c1-6-9(17)15(11-13-12-5-16(11)14-6)4-7-2-3-8(20-7)10(18)19/h2-3,5H,4H2,1H3,(H,18,19). The molecule has 0 radical (unpaired) electrons. The van der Waals surface area contributed by atoms with Crippen LogP contribution in [-0.2, 0) is 6.54 Å². The number of carboxylic acid groups (broad SMARTS) is 1. The van der Waals surface area contributed by atoms with E-state index in [1.54, 1.807) is 6.92 Å². The summed E-state index contributed by atoms with van der Waals surface area (Å²) >= 11 is 0. The van der Waals surface area contributed by atoms with E-state index in [2.05, 4.69) is 15.3 Å². The molecule has 9 nitrogen and oxygen atoms in total. The summed E-state index contributed by atoms with van der Waals surface area (Å²) in [6.07, 6.45) is 1.38.